The van der Waals surface area contributed by atoms with Gasteiger partial charge in [0.2, 0.25) is 15.9 Å². The van der Waals surface area contributed by atoms with Crippen molar-refractivity contribution in [3.05, 3.63) is 23.8 Å². The van der Waals surface area contributed by atoms with Crippen LogP contribution in [0.1, 0.15) is 25.3 Å². The van der Waals surface area contributed by atoms with Crippen molar-refractivity contribution in [3.63, 3.8) is 0 Å². The zero-order valence-corrected chi connectivity index (χ0v) is 16.3. The van der Waals surface area contributed by atoms with Crippen LogP contribution in [0.25, 0.3) is 0 Å². The first-order chi connectivity index (χ1) is 11.4. The van der Waals surface area contributed by atoms with E-state index in [1.807, 2.05) is 13.1 Å². The highest BCUT2D eigenvalue weighted by molar-refractivity contribution is 7.89. The normalized spacial score (nSPS) is 20.9. The quantitative estimate of drug-likeness (QED) is 0.852. The molecular weight excluding hydrogens is 362 g/mol. The minimum Gasteiger partial charge on any atom is -0.319 e. The van der Waals surface area contributed by atoms with Crippen LogP contribution in [-0.2, 0) is 21.2 Å². The lowest BCUT2D eigenvalue weighted by molar-refractivity contribution is -0.116. The molecule has 0 saturated carbocycles. The molecule has 3 rings (SSSR count). The number of benzene rings is 1. The van der Waals surface area contributed by atoms with Gasteiger partial charge in [-0.25, -0.2) is 8.42 Å². The summed E-state index contributed by atoms with van der Waals surface area (Å²) in [6.45, 7) is 4.12. The number of amides is 1. The number of anilines is 1. The van der Waals surface area contributed by atoms with Crippen molar-refractivity contribution in [2.24, 2.45) is 5.92 Å². The predicted molar refractivity (Wildman–Crippen MR) is 101 cm³/mol. The summed E-state index contributed by atoms with van der Waals surface area (Å²) < 4.78 is 27.5. The Labute approximate surface area is 156 Å². The number of rotatable bonds is 4. The van der Waals surface area contributed by atoms with Crippen molar-refractivity contribution in [3.8, 4) is 0 Å². The van der Waals surface area contributed by atoms with Crippen LogP contribution in [0.15, 0.2) is 23.1 Å². The van der Waals surface area contributed by atoms with Crippen LogP contribution < -0.4 is 10.2 Å². The molecule has 1 N–H and O–H groups in total. The van der Waals surface area contributed by atoms with Gasteiger partial charge < -0.3 is 10.2 Å². The largest absolute Gasteiger partial charge is 0.319 e. The van der Waals surface area contributed by atoms with E-state index < -0.39 is 10.0 Å². The molecule has 0 aliphatic carbocycles. The zero-order valence-electron chi connectivity index (χ0n) is 14.7. The molecule has 2 aliphatic rings. The summed E-state index contributed by atoms with van der Waals surface area (Å²) in [7, 11) is -1.62. The lowest BCUT2D eigenvalue weighted by Crippen LogP contribution is -2.34. The Balaban J connectivity index is 0.00000225. The minimum atomic E-state index is -3.50. The molecule has 1 unspecified atom stereocenters. The van der Waals surface area contributed by atoms with Crippen LogP contribution >= 0.6 is 12.4 Å². The molecule has 1 aromatic rings. The Morgan fingerprint density at radius 1 is 1.32 bits per heavy atom. The third-order valence-corrected chi connectivity index (χ3v) is 6.80. The molecule has 0 bridgehead atoms. The average molecular weight is 388 g/mol. The molecule has 1 amide bonds. The van der Waals surface area contributed by atoms with Crippen molar-refractivity contribution >= 4 is 34.0 Å². The second-order valence-corrected chi connectivity index (χ2v) is 8.58. The van der Waals surface area contributed by atoms with Gasteiger partial charge in [0.1, 0.15) is 0 Å². The first-order valence-electron chi connectivity index (χ1n) is 8.49. The maximum absolute atomic E-state index is 12.9. The first-order valence-corrected chi connectivity index (χ1v) is 9.93. The van der Waals surface area contributed by atoms with Crippen LogP contribution in [0, 0.1) is 5.92 Å². The predicted octanol–water partition coefficient (Wildman–Crippen LogP) is 1.64. The Morgan fingerprint density at radius 2 is 2.08 bits per heavy atom. The van der Waals surface area contributed by atoms with Gasteiger partial charge in [0.25, 0.3) is 0 Å². The van der Waals surface area contributed by atoms with E-state index in [0.29, 0.717) is 30.4 Å². The standard InChI is InChI=1S/C17H25N3O3S.ClH/c1-13(21)20-8-3-4-15-5-6-16(10-17(15)20)24(22,23)19-9-7-14(12-19)11-18-2;/h5-6,10,14,18H,3-4,7-9,11-12H2,1-2H3;1H. The fraction of sp³-hybridized carbons (Fsp3) is 0.588. The summed E-state index contributed by atoms with van der Waals surface area (Å²) in [5, 5.41) is 3.11. The van der Waals surface area contributed by atoms with E-state index in [1.165, 1.54) is 6.92 Å². The third-order valence-electron chi connectivity index (χ3n) is 4.93. The molecule has 1 atom stereocenters. The van der Waals surface area contributed by atoms with Gasteiger partial charge in [-0.05, 0) is 56.5 Å². The molecule has 6 nitrogen and oxygen atoms in total. The van der Waals surface area contributed by atoms with Crippen LogP contribution in [-0.4, -0.2) is 51.9 Å². The second-order valence-electron chi connectivity index (χ2n) is 6.64. The maximum atomic E-state index is 12.9. The number of carbonyl (C=O) groups excluding carboxylic acids is 1. The number of aryl methyl sites for hydroxylation is 1. The van der Waals surface area contributed by atoms with E-state index in [2.05, 4.69) is 5.32 Å². The number of fused-ring (bicyclic) bond motifs is 1. The summed E-state index contributed by atoms with van der Waals surface area (Å²) in [5.74, 6) is 0.317. The molecule has 1 aromatic carbocycles. The fourth-order valence-corrected chi connectivity index (χ4v) is 5.21. The molecule has 8 heteroatoms. The summed E-state index contributed by atoms with van der Waals surface area (Å²) in [5.41, 5.74) is 1.80. The van der Waals surface area contributed by atoms with E-state index in [1.54, 1.807) is 21.3 Å². The summed E-state index contributed by atoms with van der Waals surface area (Å²) in [6, 6.07) is 5.22. The second kappa shape index (κ2) is 8.03. The number of nitrogens with zero attached hydrogens (tertiary/aromatic N) is 2. The van der Waals surface area contributed by atoms with E-state index in [0.717, 1.165) is 37.1 Å². The number of hydrogen-bond donors (Lipinski definition) is 1. The van der Waals surface area contributed by atoms with Crippen molar-refractivity contribution in [2.75, 3.05) is 38.1 Å². The zero-order chi connectivity index (χ0) is 17.3. The van der Waals surface area contributed by atoms with Gasteiger partial charge in [-0.3, -0.25) is 4.79 Å². The number of sulfonamides is 1. The topological polar surface area (TPSA) is 69.7 Å². The maximum Gasteiger partial charge on any atom is 0.243 e. The van der Waals surface area contributed by atoms with Crippen molar-refractivity contribution < 1.29 is 13.2 Å². The molecule has 2 aliphatic heterocycles. The molecular formula is C17H26ClN3O3S. The number of nitrogens with one attached hydrogen (secondary N) is 1. The molecule has 25 heavy (non-hydrogen) atoms. The van der Waals surface area contributed by atoms with Gasteiger partial charge in [-0.1, -0.05) is 6.07 Å². The van der Waals surface area contributed by atoms with E-state index in [-0.39, 0.29) is 18.3 Å². The van der Waals surface area contributed by atoms with Crippen LogP contribution in [0.4, 0.5) is 5.69 Å². The van der Waals surface area contributed by atoms with Gasteiger partial charge in [-0.2, -0.15) is 4.31 Å². The molecule has 140 valence electrons. The van der Waals surface area contributed by atoms with Crippen LogP contribution in [0.2, 0.25) is 0 Å². The monoisotopic (exact) mass is 387 g/mol. The smallest absolute Gasteiger partial charge is 0.243 e. The Kier molecular flexibility index (Phi) is 6.48. The molecule has 0 radical (unpaired) electrons. The summed E-state index contributed by atoms with van der Waals surface area (Å²) in [4.78, 5) is 13.8. The van der Waals surface area contributed by atoms with Crippen molar-refractivity contribution in [2.45, 2.75) is 31.1 Å². The van der Waals surface area contributed by atoms with E-state index in [9.17, 15) is 13.2 Å². The Hall–Kier alpha value is -1.15. The third kappa shape index (κ3) is 4.00. The fourth-order valence-electron chi connectivity index (χ4n) is 3.66. The highest BCUT2D eigenvalue weighted by atomic mass is 35.5. The number of carbonyl (C=O) groups is 1. The first kappa shape index (κ1) is 20.2. The lowest BCUT2D eigenvalue weighted by Gasteiger charge is -2.29. The number of halogens is 1. The van der Waals surface area contributed by atoms with Gasteiger partial charge in [-0.15, -0.1) is 12.4 Å². The minimum absolute atomic E-state index is 0. The van der Waals surface area contributed by atoms with Crippen LogP contribution in [0.3, 0.4) is 0 Å². The SMILES string of the molecule is CNCC1CCN(S(=O)(=O)c2ccc3c(c2)N(C(C)=O)CCC3)C1.Cl. The highest BCUT2D eigenvalue weighted by Crippen LogP contribution is 2.32. The average Bonchev–Trinajstić information content (AvgIpc) is 3.03. The molecule has 2 heterocycles. The molecule has 1 fully saturated rings. The Morgan fingerprint density at radius 3 is 2.76 bits per heavy atom. The van der Waals surface area contributed by atoms with Crippen LogP contribution in [0.5, 0.6) is 0 Å². The summed E-state index contributed by atoms with van der Waals surface area (Å²) in [6.07, 6.45) is 2.68. The van der Waals surface area contributed by atoms with Gasteiger partial charge >= 0.3 is 0 Å². The van der Waals surface area contributed by atoms with Gasteiger partial charge in [0, 0.05) is 32.2 Å². The molecule has 1 saturated heterocycles. The van der Waals surface area contributed by atoms with Gasteiger partial charge in [0.15, 0.2) is 0 Å². The molecule has 0 aromatic heterocycles. The highest BCUT2D eigenvalue weighted by Gasteiger charge is 2.33. The summed E-state index contributed by atoms with van der Waals surface area (Å²) >= 11 is 0. The van der Waals surface area contributed by atoms with Crippen molar-refractivity contribution in [1.29, 1.82) is 0 Å². The van der Waals surface area contributed by atoms with E-state index in [4.69, 9.17) is 0 Å². The Bertz CT molecular complexity index is 739. The van der Waals surface area contributed by atoms with Crippen molar-refractivity contribution in [1.82, 2.24) is 9.62 Å². The van der Waals surface area contributed by atoms with E-state index >= 15 is 0 Å². The lowest BCUT2D eigenvalue weighted by atomic mass is 10.0. The number of hydrogen-bond acceptors (Lipinski definition) is 4. The van der Waals surface area contributed by atoms with Gasteiger partial charge in [0.05, 0.1) is 4.90 Å². The molecule has 0 spiro atoms.